The van der Waals surface area contributed by atoms with Crippen LogP contribution < -0.4 is 0 Å². The largest absolute Gasteiger partial charge is 0.396 e. The van der Waals surface area contributed by atoms with E-state index in [1.54, 1.807) is 0 Å². The van der Waals surface area contributed by atoms with Crippen LogP contribution >= 0.6 is 0 Å². The second-order valence-corrected chi connectivity index (χ2v) is 3.85. The maximum atomic E-state index is 9.69. The number of aliphatic hydroxyl groups excluding tert-OH is 2. The van der Waals surface area contributed by atoms with Gasteiger partial charge in [0, 0.05) is 6.61 Å². The fourth-order valence-corrected chi connectivity index (χ4v) is 1.81. The zero-order valence-corrected chi connectivity index (χ0v) is 8.28. The minimum Gasteiger partial charge on any atom is -0.396 e. The Balaban J connectivity index is 2.37. The van der Waals surface area contributed by atoms with Gasteiger partial charge in [0.15, 0.2) is 0 Å². The molecule has 0 spiro atoms. The Morgan fingerprint density at radius 3 is 2.85 bits per heavy atom. The van der Waals surface area contributed by atoms with Gasteiger partial charge in [0.1, 0.15) is 0 Å². The van der Waals surface area contributed by atoms with Crippen LogP contribution in [0.15, 0.2) is 0 Å². The van der Waals surface area contributed by atoms with E-state index in [0.717, 1.165) is 25.7 Å². The highest BCUT2D eigenvalue weighted by molar-refractivity contribution is 4.74. The van der Waals surface area contributed by atoms with Gasteiger partial charge in [-0.25, -0.2) is 0 Å². The molecule has 1 aliphatic heterocycles. The highest BCUT2D eigenvalue weighted by Gasteiger charge is 2.24. The minimum atomic E-state index is -0.337. The predicted octanol–water partition coefficient (Wildman–Crippen LogP) is 1.08. The van der Waals surface area contributed by atoms with Gasteiger partial charge in [0.05, 0.1) is 18.3 Å². The highest BCUT2D eigenvalue weighted by Crippen LogP contribution is 2.21. The zero-order valence-electron chi connectivity index (χ0n) is 8.28. The maximum absolute atomic E-state index is 9.69. The first-order valence-electron chi connectivity index (χ1n) is 5.18. The minimum absolute atomic E-state index is 0.0651. The van der Waals surface area contributed by atoms with E-state index in [1.807, 2.05) is 6.92 Å². The molecule has 1 saturated heterocycles. The molecule has 1 fully saturated rings. The molecule has 2 N–H and O–H groups in total. The van der Waals surface area contributed by atoms with Crippen molar-refractivity contribution in [1.29, 1.82) is 0 Å². The van der Waals surface area contributed by atoms with E-state index < -0.39 is 0 Å². The molecule has 0 aromatic carbocycles. The van der Waals surface area contributed by atoms with Crippen molar-refractivity contribution in [3.8, 4) is 0 Å². The van der Waals surface area contributed by atoms with Crippen LogP contribution in [0.4, 0.5) is 0 Å². The number of rotatable bonds is 3. The van der Waals surface area contributed by atoms with Crippen molar-refractivity contribution >= 4 is 0 Å². The molecule has 3 atom stereocenters. The molecule has 1 heterocycles. The maximum Gasteiger partial charge on any atom is 0.0838 e. The summed E-state index contributed by atoms with van der Waals surface area (Å²) < 4.78 is 5.66. The number of aliphatic hydroxyl groups is 2. The van der Waals surface area contributed by atoms with Gasteiger partial charge in [-0.15, -0.1) is 0 Å². The molecule has 0 aromatic heterocycles. The van der Waals surface area contributed by atoms with Gasteiger partial charge in [0.2, 0.25) is 0 Å². The smallest absolute Gasteiger partial charge is 0.0838 e. The second kappa shape index (κ2) is 5.58. The summed E-state index contributed by atoms with van der Waals surface area (Å²) >= 11 is 0. The van der Waals surface area contributed by atoms with Crippen LogP contribution in [0.1, 0.15) is 39.0 Å². The third-order valence-electron chi connectivity index (χ3n) is 2.59. The molecule has 13 heavy (non-hydrogen) atoms. The number of ether oxygens (including phenoxy) is 1. The Labute approximate surface area is 79.7 Å². The van der Waals surface area contributed by atoms with Crippen molar-refractivity contribution in [2.24, 2.45) is 0 Å². The molecule has 1 aliphatic rings. The lowest BCUT2D eigenvalue weighted by Gasteiger charge is -2.22. The molecule has 0 aliphatic carbocycles. The molecule has 3 nitrogen and oxygen atoms in total. The molecule has 3 heteroatoms. The molecule has 0 radical (unpaired) electrons. The molecule has 78 valence electrons. The standard InChI is InChI=1S/C10H20O3/c1-8-4-2-5-9(12)10(13-8)6-3-7-11/h8-12H,2-7H2,1H3/t8-,9-,10+/m1/s1. The number of hydrogen-bond acceptors (Lipinski definition) is 3. The molecular weight excluding hydrogens is 168 g/mol. The van der Waals surface area contributed by atoms with Crippen LogP contribution in [-0.4, -0.2) is 35.1 Å². The molecule has 0 saturated carbocycles. The monoisotopic (exact) mass is 188 g/mol. The average Bonchev–Trinajstić information content (AvgIpc) is 2.25. The zero-order chi connectivity index (χ0) is 9.68. The molecule has 0 amide bonds. The van der Waals surface area contributed by atoms with Crippen molar-refractivity contribution in [2.75, 3.05) is 6.61 Å². The summed E-state index contributed by atoms with van der Waals surface area (Å²) in [5.41, 5.74) is 0. The SMILES string of the molecule is C[C@@H]1CCC[C@@H](O)[C@H](CCCO)O1. The van der Waals surface area contributed by atoms with Crippen LogP contribution in [0.25, 0.3) is 0 Å². The van der Waals surface area contributed by atoms with Crippen LogP contribution in [0.5, 0.6) is 0 Å². The van der Waals surface area contributed by atoms with Crippen LogP contribution in [-0.2, 0) is 4.74 Å². The first-order valence-corrected chi connectivity index (χ1v) is 5.18. The third-order valence-corrected chi connectivity index (χ3v) is 2.59. The summed E-state index contributed by atoms with van der Waals surface area (Å²) in [7, 11) is 0. The Bertz CT molecular complexity index is 138. The fourth-order valence-electron chi connectivity index (χ4n) is 1.81. The lowest BCUT2D eigenvalue weighted by atomic mass is 10.0. The highest BCUT2D eigenvalue weighted by atomic mass is 16.5. The topological polar surface area (TPSA) is 49.7 Å². The van der Waals surface area contributed by atoms with E-state index in [-0.39, 0.29) is 24.9 Å². The average molecular weight is 188 g/mol. The first kappa shape index (κ1) is 11.0. The van der Waals surface area contributed by atoms with E-state index in [9.17, 15) is 5.11 Å². The first-order chi connectivity index (χ1) is 6.24. The van der Waals surface area contributed by atoms with Gasteiger partial charge in [-0.05, 0) is 39.0 Å². The van der Waals surface area contributed by atoms with Gasteiger partial charge >= 0.3 is 0 Å². The van der Waals surface area contributed by atoms with Gasteiger partial charge in [-0.3, -0.25) is 0 Å². The quantitative estimate of drug-likeness (QED) is 0.696. The van der Waals surface area contributed by atoms with Crippen molar-refractivity contribution in [2.45, 2.75) is 57.3 Å². The number of hydrogen-bond donors (Lipinski definition) is 2. The van der Waals surface area contributed by atoms with Gasteiger partial charge in [-0.1, -0.05) is 0 Å². The van der Waals surface area contributed by atoms with Gasteiger partial charge in [-0.2, -0.15) is 0 Å². The van der Waals surface area contributed by atoms with Crippen molar-refractivity contribution < 1.29 is 14.9 Å². The summed E-state index contributed by atoms with van der Waals surface area (Å²) in [6.07, 6.45) is 4.24. The second-order valence-electron chi connectivity index (χ2n) is 3.85. The summed E-state index contributed by atoms with van der Waals surface area (Å²) in [6.45, 7) is 2.23. The Morgan fingerprint density at radius 2 is 2.15 bits per heavy atom. The van der Waals surface area contributed by atoms with Gasteiger partial charge < -0.3 is 14.9 Å². The lowest BCUT2D eigenvalue weighted by molar-refractivity contribution is -0.0637. The summed E-state index contributed by atoms with van der Waals surface area (Å²) in [4.78, 5) is 0. The fraction of sp³-hybridized carbons (Fsp3) is 1.00. The molecule has 1 rings (SSSR count). The summed E-state index contributed by atoms with van der Waals surface area (Å²) in [5, 5.41) is 18.4. The van der Waals surface area contributed by atoms with Crippen LogP contribution in [0, 0.1) is 0 Å². The molecule has 0 aromatic rings. The molecular formula is C10H20O3. The lowest BCUT2D eigenvalue weighted by Crippen LogP contribution is -2.29. The summed E-state index contributed by atoms with van der Waals surface area (Å²) in [5.74, 6) is 0. The van der Waals surface area contributed by atoms with Crippen molar-refractivity contribution in [3.05, 3.63) is 0 Å². The Morgan fingerprint density at radius 1 is 1.38 bits per heavy atom. The van der Waals surface area contributed by atoms with Crippen LogP contribution in [0.3, 0.4) is 0 Å². The normalized spacial score (nSPS) is 35.8. The predicted molar refractivity (Wildman–Crippen MR) is 50.5 cm³/mol. The van der Waals surface area contributed by atoms with E-state index in [1.165, 1.54) is 0 Å². The van der Waals surface area contributed by atoms with Crippen molar-refractivity contribution in [1.82, 2.24) is 0 Å². The van der Waals surface area contributed by atoms with Crippen molar-refractivity contribution in [3.63, 3.8) is 0 Å². The van der Waals surface area contributed by atoms with E-state index in [2.05, 4.69) is 0 Å². The Hall–Kier alpha value is -0.120. The van der Waals surface area contributed by atoms with E-state index in [0.29, 0.717) is 6.42 Å². The Kier molecular flexibility index (Phi) is 4.70. The van der Waals surface area contributed by atoms with Crippen LogP contribution in [0.2, 0.25) is 0 Å². The summed E-state index contributed by atoms with van der Waals surface area (Å²) in [6, 6.07) is 0. The van der Waals surface area contributed by atoms with E-state index >= 15 is 0 Å². The third kappa shape index (κ3) is 3.63. The van der Waals surface area contributed by atoms with Gasteiger partial charge in [0.25, 0.3) is 0 Å². The van der Waals surface area contributed by atoms with E-state index in [4.69, 9.17) is 9.84 Å². The molecule has 0 unspecified atom stereocenters. The molecule has 0 bridgehead atoms.